The average molecular weight is 243 g/mol. The minimum atomic E-state index is -0.644. The summed E-state index contributed by atoms with van der Waals surface area (Å²) in [6, 6.07) is 0. The van der Waals surface area contributed by atoms with Crippen molar-refractivity contribution in [3.63, 3.8) is 0 Å². The number of likely N-dealkylation sites (tertiary alicyclic amines) is 1. The molecular formula is C13H25NO3. The van der Waals surface area contributed by atoms with E-state index >= 15 is 0 Å². The van der Waals surface area contributed by atoms with Gasteiger partial charge in [0.2, 0.25) is 0 Å². The molecule has 0 spiro atoms. The predicted octanol–water partition coefficient (Wildman–Crippen LogP) is 1.70. The van der Waals surface area contributed by atoms with Crippen LogP contribution in [0.1, 0.15) is 27.2 Å². The molecule has 4 heteroatoms. The van der Waals surface area contributed by atoms with Gasteiger partial charge >= 0.3 is 5.97 Å². The van der Waals surface area contributed by atoms with Crippen LogP contribution < -0.4 is 0 Å². The largest absolute Gasteiger partial charge is 0.481 e. The van der Waals surface area contributed by atoms with Crippen molar-refractivity contribution < 1.29 is 14.6 Å². The number of methoxy groups -OCH3 is 1. The number of hydrogen-bond acceptors (Lipinski definition) is 3. The monoisotopic (exact) mass is 243 g/mol. The Hall–Kier alpha value is -0.610. The molecule has 0 radical (unpaired) electrons. The molecule has 0 amide bonds. The lowest BCUT2D eigenvalue weighted by Gasteiger charge is -2.29. The quantitative estimate of drug-likeness (QED) is 0.771. The Bertz CT molecular complexity index is 267. The summed E-state index contributed by atoms with van der Waals surface area (Å²) in [6.45, 7) is 9.38. The van der Waals surface area contributed by atoms with Gasteiger partial charge in [0, 0.05) is 26.8 Å². The standard InChI is InChI=1S/C13H25NO3/c1-10(2)13(12(15)16)5-6-14(9-13)7-11(3)8-17-4/h10-11H,5-9H2,1-4H3,(H,15,16). The van der Waals surface area contributed by atoms with E-state index < -0.39 is 11.4 Å². The second-order valence-electron chi connectivity index (χ2n) is 5.66. The summed E-state index contributed by atoms with van der Waals surface area (Å²) in [5.41, 5.74) is -0.549. The molecule has 2 atom stereocenters. The number of carboxylic acid groups (broad SMARTS) is 1. The Morgan fingerprint density at radius 3 is 2.53 bits per heavy atom. The summed E-state index contributed by atoms with van der Waals surface area (Å²) in [6.07, 6.45) is 0.764. The molecule has 0 aromatic heterocycles. The molecule has 1 saturated heterocycles. The van der Waals surface area contributed by atoms with Crippen molar-refractivity contribution >= 4 is 5.97 Å². The average Bonchev–Trinajstić information content (AvgIpc) is 2.63. The van der Waals surface area contributed by atoms with E-state index in [0.717, 1.165) is 26.1 Å². The molecule has 0 bridgehead atoms. The number of nitrogens with zero attached hydrogens (tertiary/aromatic N) is 1. The zero-order valence-electron chi connectivity index (χ0n) is 11.4. The number of hydrogen-bond donors (Lipinski definition) is 1. The third-order valence-corrected chi connectivity index (χ3v) is 3.93. The first-order chi connectivity index (χ1) is 7.92. The fraction of sp³-hybridized carbons (Fsp3) is 0.923. The second kappa shape index (κ2) is 5.83. The van der Waals surface area contributed by atoms with Gasteiger partial charge in [0.25, 0.3) is 0 Å². The molecule has 2 unspecified atom stereocenters. The Balaban J connectivity index is 2.58. The summed E-state index contributed by atoms with van der Waals surface area (Å²) in [5.74, 6) is -0.00566. The topological polar surface area (TPSA) is 49.8 Å². The maximum Gasteiger partial charge on any atom is 0.311 e. The zero-order chi connectivity index (χ0) is 13.1. The molecule has 17 heavy (non-hydrogen) atoms. The van der Waals surface area contributed by atoms with Crippen molar-refractivity contribution in [2.45, 2.75) is 27.2 Å². The number of rotatable bonds is 6. The minimum absolute atomic E-state index is 0.183. The Labute approximate surface area is 104 Å². The van der Waals surface area contributed by atoms with E-state index in [1.807, 2.05) is 13.8 Å². The van der Waals surface area contributed by atoms with Crippen molar-refractivity contribution in [1.82, 2.24) is 4.90 Å². The molecule has 100 valence electrons. The third kappa shape index (κ3) is 3.19. The second-order valence-corrected chi connectivity index (χ2v) is 5.66. The lowest BCUT2D eigenvalue weighted by atomic mass is 9.76. The third-order valence-electron chi connectivity index (χ3n) is 3.93. The van der Waals surface area contributed by atoms with Crippen LogP contribution in [0.3, 0.4) is 0 Å². The highest BCUT2D eigenvalue weighted by molar-refractivity contribution is 5.75. The minimum Gasteiger partial charge on any atom is -0.481 e. The van der Waals surface area contributed by atoms with E-state index in [0.29, 0.717) is 12.5 Å². The van der Waals surface area contributed by atoms with Crippen LogP contribution in [0, 0.1) is 17.3 Å². The maximum atomic E-state index is 11.5. The summed E-state index contributed by atoms with van der Waals surface area (Å²) in [5, 5.41) is 9.44. The van der Waals surface area contributed by atoms with Crippen LogP contribution in [0.15, 0.2) is 0 Å². The van der Waals surface area contributed by atoms with Gasteiger partial charge in [-0.05, 0) is 24.8 Å². The molecule has 0 aromatic carbocycles. The van der Waals surface area contributed by atoms with Gasteiger partial charge in [0.15, 0.2) is 0 Å². The zero-order valence-corrected chi connectivity index (χ0v) is 11.4. The van der Waals surface area contributed by atoms with Crippen molar-refractivity contribution in [2.24, 2.45) is 17.3 Å². The van der Waals surface area contributed by atoms with Gasteiger partial charge in [-0.3, -0.25) is 4.79 Å². The Kier molecular flexibility index (Phi) is 4.95. The SMILES string of the molecule is COCC(C)CN1CCC(C(=O)O)(C(C)C)C1. The first-order valence-corrected chi connectivity index (χ1v) is 6.37. The van der Waals surface area contributed by atoms with E-state index in [4.69, 9.17) is 4.74 Å². The van der Waals surface area contributed by atoms with Gasteiger partial charge in [0.1, 0.15) is 0 Å². The van der Waals surface area contributed by atoms with E-state index in [2.05, 4.69) is 11.8 Å². The first kappa shape index (κ1) is 14.5. The molecule has 1 N–H and O–H groups in total. The Morgan fingerprint density at radius 2 is 2.12 bits per heavy atom. The van der Waals surface area contributed by atoms with Crippen molar-refractivity contribution in [3.8, 4) is 0 Å². The molecule has 0 saturated carbocycles. The van der Waals surface area contributed by atoms with Crippen molar-refractivity contribution in [3.05, 3.63) is 0 Å². The Morgan fingerprint density at radius 1 is 1.47 bits per heavy atom. The van der Waals surface area contributed by atoms with Crippen LogP contribution in [0.2, 0.25) is 0 Å². The van der Waals surface area contributed by atoms with Crippen LogP contribution in [-0.2, 0) is 9.53 Å². The van der Waals surface area contributed by atoms with Crippen molar-refractivity contribution in [1.29, 1.82) is 0 Å². The van der Waals surface area contributed by atoms with Gasteiger partial charge in [-0.15, -0.1) is 0 Å². The number of ether oxygens (including phenoxy) is 1. The van der Waals surface area contributed by atoms with Crippen LogP contribution in [0.5, 0.6) is 0 Å². The summed E-state index contributed by atoms with van der Waals surface area (Å²) in [7, 11) is 1.70. The van der Waals surface area contributed by atoms with Crippen molar-refractivity contribution in [2.75, 3.05) is 33.4 Å². The smallest absolute Gasteiger partial charge is 0.311 e. The molecular weight excluding hydrogens is 218 g/mol. The van der Waals surface area contributed by atoms with Gasteiger partial charge in [0.05, 0.1) is 5.41 Å². The summed E-state index contributed by atoms with van der Waals surface area (Å²) < 4.78 is 5.12. The van der Waals surface area contributed by atoms with Gasteiger partial charge in [-0.1, -0.05) is 20.8 Å². The molecule has 1 aliphatic heterocycles. The predicted molar refractivity (Wildman–Crippen MR) is 67.0 cm³/mol. The lowest BCUT2D eigenvalue weighted by molar-refractivity contribution is -0.151. The summed E-state index contributed by atoms with van der Waals surface area (Å²) in [4.78, 5) is 13.7. The molecule has 4 nitrogen and oxygen atoms in total. The molecule has 1 fully saturated rings. The summed E-state index contributed by atoms with van der Waals surface area (Å²) >= 11 is 0. The van der Waals surface area contributed by atoms with Gasteiger partial charge < -0.3 is 14.7 Å². The van der Waals surface area contributed by atoms with Gasteiger partial charge in [-0.25, -0.2) is 0 Å². The first-order valence-electron chi connectivity index (χ1n) is 6.37. The van der Waals surface area contributed by atoms with Crippen LogP contribution in [-0.4, -0.2) is 49.3 Å². The van der Waals surface area contributed by atoms with Crippen LogP contribution in [0.25, 0.3) is 0 Å². The van der Waals surface area contributed by atoms with Crippen LogP contribution in [0.4, 0.5) is 0 Å². The maximum absolute atomic E-state index is 11.5. The lowest BCUT2D eigenvalue weighted by Crippen LogP contribution is -2.40. The highest BCUT2D eigenvalue weighted by atomic mass is 16.5. The van der Waals surface area contributed by atoms with E-state index in [1.54, 1.807) is 7.11 Å². The highest BCUT2D eigenvalue weighted by Gasteiger charge is 2.47. The van der Waals surface area contributed by atoms with Crippen LogP contribution >= 0.6 is 0 Å². The molecule has 1 heterocycles. The van der Waals surface area contributed by atoms with E-state index in [9.17, 15) is 9.90 Å². The molecule has 0 aliphatic carbocycles. The number of aliphatic carboxylic acids is 1. The molecule has 0 aromatic rings. The van der Waals surface area contributed by atoms with Gasteiger partial charge in [-0.2, -0.15) is 0 Å². The highest BCUT2D eigenvalue weighted by Crippen LogP contribution is 2.38. The van der Waals surface area contributed by atoms with E-state index in [-0.39, 0.29) is 5.92 Å². The fourth-order valence-electron chi connectivity index (χ4n) is 2.74. The molecule has 1 aliphatic rings. The normalized spacial score (nSPS) is 27.6. The number of carboxylic acids is 1. The van der Waals surface area contributed by atoms with E-state index in [1.165, 1.54) is 0 Å². The fourth-order valence-corrected chi connectivity index (χ4v) is 2.74. The molecule has 1 rings (SSSR count). The number of carbonyl (C=O) groups is 1.